The first-order valence-corrected chi connectivity index (χ1v) is 13.1. The van der Waals surface area contributed by atoms with Crippen molar-refractivity contribution in [2.75, 3.05) is 19.6 Å². The number of nitrogens with zero attached hydrogens (tertiary/aromatic N) is 2. The quantitative estimate of drug-likeness (QED) is 0.569. The summed E-state index contributed by atoms with van der Waals surface area (Å²) < 4.78 is 0. The van der Waals surface area contributed by atoms with Gasteiger partial charge in [-0.15, -0.1) is 0 Å². The molecule has 0 aromatic heterocycles. The molecule has 4 atom stereocenters. The van der Waals surface area contributed by atoms with Gasteiger partial charge in [0.15, 0.2) is 0 Å². The van der Waals surface area contributed by atoms with E-state index in [2.05, 4.69) is 10.2 Å². The first-order valence-electron chi connectivity index (χ1n) is 13.1. The van der Waals surface area contributed by atoms with E-state index in [-0.39, 0.29) is 18.0 Å². The van der Waals surface area contributed by atoms with Gasteiger partial charge in [0.1, 0.15) is 5.54 Å². The van der Waals surface area contributed by atoms with Crippen LogP contribution in [0.25, 0.3) is 0 Å². The number of carbonyl (C=O) groups excluding carboxylic acids is 2. The third-order valence-corrected chi connectivity index (χ3v) is 10.2. The second-order valence-corrected chi connectivity index (χ2v) is 12.1. The van der Waals surface area contributed by atoms with Crippen molar-refractivity contribution in [2.45, 2.75) is 87.8 Å². The Balaban J connectivity index is 1.34. The van der Waals surface area contributed by atoms with Gasteiger partial charge < -0.3 is 15.1 Å². The van der Waals surface area contributed by atoms with E-state index < -0.39 is 16.6 Å². The maximum atomic E-state index is 13.4. The summed E-state index contributed by atoms with van der Waals surface area (Å²) in [5.41, 5.74) is 0.00931. The highest BCUT2D eigenvalue weighted by atomic mass is 16.3. The summed E-state index contributed by atoms with van der Waals surface area (Å²) >= 11 is 0. The number of nitrogens with one attached hydrogen (secondary N) is 1. The van der Waals surface area contributed by atoms with Crippen molar-refractivity contribution in [2.24, 2.45) is 17.3 Å². The van der Waals surface area contributed by atoms with Gasteiger partial charge in [-0.3, -0.25) is 15.0 Å². The number of imide groups is 1. The average molecular weight is 454 g/mol. The van der Waals surface area contributed by atoms with E-state index in [4.69, 9.17) is 0 Å². The van der Waals surface area contributed by atoms with Crippen LogP contribution in [0.4, 0.5) is 4.79 Å². The Morgan fingerprint density at radius 3 is 2.55 bits per heavy atom. The molecule has 7 rings (SSSR count). The van der Waals surface area contributed by atoms with E-state index in [0.29, 0.717) is 43.9 Å². The molecule has 5 fully saturated rings. The molecule has 0 aromatic rings. The molecule has 7 nitrogen and oxygen atoms in total. The average Bonchev–Trinajstić information content (AvgIpc) is 3.70. The normalized spacial score (nSPS) is 42.9. The Kier molecular flexibility index (Phi) is 4.12. The molecule has 5 aliphatic carbocycles. The number of piperidine rings is 1. The summed E-state index contributed by atoms with van der Waals surface area (Å²) in [5, 5.41) is 25.7. The number of aliphatic hydroxyl groups is 2. The molecular weight excluding hydrogens is 418 g/mol. The number of likely N-dealkylation sites (tertiary alicyclic amines) is 1. The van der Waals surface area contributed by atoms with Crippen molar-refractivity contribution in [3.63, 3.8) is 0 Å². The predicted molar refractivity (Wildman–Crippen MR) is 121 cm³/mol. The summed E-state index contributed by atoms with van der Waals surface area (Å²) in [7, 11) is 0. The van der Waals surface area contributed by atoms with Crippen molar-refractivity contribution < 1.29 is 19.8 Å². The monoisotopic (exact) mass is 453 g/mol. The molecule has 33 heavy (non-hydrogen) atoms. The number of hydrogen-bond acceptors (Lipinski definition) is 5. The Bertz CT molecular complexity index is 997. The van der Waals surface area contributed by atoms with E-state index in [1.807, 2.05) is 11.0 Å². The first kappa shape index (κ1) is 20.5. The molecule has 1 spiro atoms. The number of urea groups is 1. The molecular formula is C26H35N3O4. The zero-order valence-corrected chi connectivity index (χ0v) is 19.3. The van der Waals surface area contributed by atoms with Crippen molar-refractivity contribution >= 4 is 11.9 Å². The minimum absolute atomic E-state index is 0.0636. The number of amides is 3. The van der Waals surface area contributed by atoms with Gasteiger partial charge in [0.05, 0.1) is 11.4 Å². The van der Waals surface area contributed by atoms with Gasteiger partial charge in [-0.05, 0) is 94.2 Å². The molecule has 3 saturated carbocycles. The maximum absolute atomic E-state index is 13.4. The van der Waals surface area contributed by atoms with Crippen molar-refractivity contribution in [1.29, 1.82) is 0 Å². The first-order chi connectivity index (χ1) is 15.8. The summed E-state index contributed by atoms with van der Waals surface area (Å²) in [6.07, 6.45) is 11.3. The van der Waals surface area contributed by atoms with Crippen LogP contribution in [-0.2, 0) is 4.79 Å². The van der Waals surface area contributed by atoms with Crippen LogP contribution >= 0.6 is 0 Å². The lowest BCUT2D eigenvalue weighted by atomic mass is 9.45. The lowest BCUT2D eigenvalue weighted by Gasteiger charge is -2.67. The molecule has 2 heterocycles. The Morgan fingerprint density at radius 1 is 1.03 bits per heavy atom. The summed E-state index contributed by atoms with van der Waals surface area (Å²) in [4.78, 5) is 30.7. The number of carbonyl (C=O) groups is 2. The van der Waals surface area contributed by atoms with Crippen LogP contribution in [0.1, 0.15) is 70.6 Å². The highest BCUT2D eigenvalue weighted by molar-refractivity contribution is 6.07. The second-order valence-electron chi connectivity index (χ2n) is 12.1. The summed E-state index contributed by atoms with van der Waals surface area (Å²) in [5.74, 6) is 1.45. The van der Waals surface area contributed by atoms with Crippen LogP contribution in [0.5, 0.6) is 0 Å². The Morgan fingerprint density at radius 2 is 1.79 bits per heavy atom. The number of rotatable bonds is 4. The van der Waals surface area contributed by atoms with E-state index in [0.717, 1.165) is 56.7 Å². The fourth-order valence-corrected chi connectivity index (χ4v) is 8.09. The molecule has 3 N–H and O–H groups in total. The molecule has 7 aliphatic rings. The highest BCUT2D eigenvalue weighted by Gasteiger charge is 2.71. The van der Waals surface area contributed by atoms with Crippen LogP contribution in [0.3, 0.4) is 0 Å². The maximum Gasteiger partial charge on any atom is 0.325 e. The SMILES string of the molecule is O=C1NC(=O)[C@@]2(CC[C@@]3(O)[C@H]4CC5=C(C=C(O)CC5)[C@@]3(CCN4CC3CC3)C2)N1CC1CC1. The van der Waals surface area contributed by atoms with Crippen LogP contribution in [0, 0.1) is 17.3 Å². The van der Waals surface area contributed by atoms with Gasteiger partial charge in [0.2, 0.25) is 0 Å². The van der Waals surface area contributed by atoms with E-state index in [1.54, 1.807) is 0 Å². The van der Waals surface area contributed by atoms with Crippen molar-refractivity contribution in [3.8, 4) is 0 Å². The highest BCUT2D eigenvalue weighted by Crippen LogP contribution is 2.65. The fraction of sp³-hybridized carbons (Fsp3) is 0.769. The lowest BCUT2D eigenvalue weighted by molar-refractivity contribution is -0.205. The van der Waals surface area contributed by atoms with E-state index in [1.165, 1.54) is 18.4 Å². The molecule has 178 valence electrons. The zero-order chi connectivity index (χ0) is 22.6. The molecule has 0 aromatic carbocycles. The summed E-state index contributed by atoms with van der Waals surface area (Å²) in [6.45, 7) is 2.60. The third kappa shape index (κ3) is 2.75. The molecule has 7 heteroatoms. The Labute approximate surface area is 194 Å². The Hall–Kier alpha value is -1.86. The number of hydrogen-bond donors (Lipinski definition) is 3. The van der Waals surface area contributed by atoms with Crippen LogP contribution < -0.4 is 5.32 Å². The minimum Gasteiger partial charge on any atom is -0.512 e. The van der Waals surface area contributed by atoms with Crippen LogP contribution in [0.15, 0.2) is 23.0 Å². The summed E-state index contributed by atoms with van der Waals surface area (Å²) in [6, 6.07) is -0.197. The zero-order valence-electron chi connectivity index (χ0n) is 19.3. The van der Waals surface area contributed by atoms with Gasteiger partial charge in [-0.2, -0.15) is 0 Å². The van der Waals surface area contributed by atoms with Crippen molar-refractivity contribution in [3.05, 3.63) is 23.0 Å². The fourth-order valence-electron chi connectivity index (χ4n) is 8.09. The molecule has 3 amide bonds. The largest absolute Gasteiger partial charge is 0.512 e. The topological polar surface area (TPSA) is 93.1 Å². The van der Waals surface area contributed by atoms with Crippen LogP contribution in [-0.4, -0.2) is 68.8 Å². The molecule has 2 saturated heterocycles. The molecule has 0 unspecified atom stereocenters. The van der Waals surface area contributed by atoms with Gasteiger partial charge >= 0.3 is 6.03 Å². The number of allylic oxidation sites excluding steroid dienone is 2. The van der Waals surface area contributed by atoms with Gasteiger partial charge in [0, 0.05) is 31.0 Å². The van der Waals surface area contributed by atoms with Gasteiger partial charge in [-0.25, -0.2) is 4.79 Å². The standard InChI is InChI=1S/C26H35N3O4/c30-19-6-5-18-11-21-26(33)8-7-25(22(31)27-23(32)29(25)14-17-3-4-17)15-24(26,20(18)12-19)9-10-28(21)13-16-1-2-16/h12,16-17,21,30,33H,1-11,13-15H2,(H,27,31,32)/t21-,24-,25+,26-/m1/s1. The minimum atomic E-state index is -0.935. The molecule has 2 aliphatic heterocycles. The predicted octanol–water partition coefficient (Wildman–Crippen LogP) is 3.01. The van der Waals surface area contributed by atoms with Gasteiger partial charge in [-0.1, -0.05) is 5.57 Å². The lowest BCUT2D eigenvalue weighted by Crippen LogP contribution is -2.74. The van der Waals surface area contributed by atoms with Crippen LogP contribution in [0.2, 0.25) is 0 Å². The molecule has 0 radical (unpaired) electrons. The van der Waals surface area contributed by atoms with E-state index >= 15 is 0 Å². The smallest absolute Gasteiger partial charge is 0.325 e. The second kappa shape index (κ2) is 6.63. The van der Waals surface area contributed by atoms with E-state index in [9.17, 15) is 19.8 Å². The number of aliphatic hydroxyl groups excluding tert-OH is 1. The van der Waals surface area contributed by atoms with Crippen molar-refractivity contribution in [1.82, 2.24) is 15.1 Å². The molecule has 2 bridgehead atoms. The third-order valence-electron chi connectivity index (χ3n) is 10.2. The van der Waals surface area contributed by atoms with Gasteiger partial charge in [0.25, 0.3) is 5.91 Å².